The van der Waals surface area contributed by atoms with E-state index in [9.17, 15) is 13.2 Å². The monoisotopic (exact) mass is 399 g/mol. The van der Waals surface area contributed by atoms with Gasteiger partial charge in [0, 0.05) is 17.2 Å². The largest absolute Gasteiger partial charge is 0.342 e. The van der Waals surface area contributed by atoms with Crippen molar-refractivity contribution in [3.05, 3.63) is 52.8 Å². The van der Waals surface area contributed by atoms with Gasteiger partial charge < -0.3 is 5.32 Å². The molecule has 1 saturated heterocycles. The number of amides is 1. The topological polar surface area (TPSA) is 81.1 Å². The number of fused-ring (bicyclic) bond motifs is 3. The molecule has 1 saturated carbocycles. The molecule has 28 heavy (non-hydrogen) atoms. The Labute approximate surface area is 165 Å². The molecular weight excluding hydrogens is 374 g/mol. The fourth-order valence-corrected chi connectivity index (χ4v) is 6.54. The van der Waals surface area contributed by atoms with Crippen molar-refractivity contribution in [2.24, 2.45) is 5.92 Å². The molecule has 3 aliphatic rings. The highest BCUT2D eigenvalue weighted by Gasteiger charge is 2.51. The molecule has 2 aliphatic carbocycles. The number of hydrogen-bond donors (Lipinski definition) is 1. The third-order valence-corrected chi connectivity index (χ3v) is 8.23. The molecule has 5 rings (SSSR count). The van der Waals surface area contributed by atoms with Crippen LogP contribution in [-0.2, 0) is 21.8 Å². The average Bonchev–Trinajstić information content (AvgIpc) is 2.98. The number of benzene rings is 1. The van der Waals surface area contributed by atoms with E-state index in [2.05, 4.69) is 10.4 Å². The van der Waals surface area contributed by atoms with Crippen LogP contribution in [-0.4, -0.2) is 35.6 Å². The third-order valence-electron chi connectivity index (χ3n) is 6.48. The number of nitrogens with zero attached hydrogens (tertiary/aromatic N) is 2. The van der Waals surface area contributed by atoms with Crippen molar-refractivity contribution in [1.29, 1.82) is 0 Å². The van der Waals surface area contributed by atoms with Gasteiger partial charge in [-0.05, 0) is 44.6 Å². The Hall–Kier alpha value is -2.15. The van der Waals surface area contributed by atoms with Gasteiger partial charge in [0.05, 0.1) is 23.1 Å². The maximum atomic E-state index is 13.2. The van der Waals surface area contributed by atoms with Crippen LogP contribution in [0.25, 0.3) is 0 Å². The third kappa shape index (κ3) is 2.87. The average molecular weight is 400 g/mol. The van der Waals surface area contributed by atoms with Crippen LogP contribution in [0.3, 0.4) is 0 Å². The van der Waals surface area contributed by atoms with E-state index in [1.54, 1.807) is 0 Å². The van der Waals surface area contributed by atoms with Crippen molar-refractivity contribution >= 4 is 15.7 Å². The van der Waals surface area contributed by atoms with Gasteiger partial charge in [-0.3, -0.25) is 9.48 Å². The lowest BCUT2D eigenvalue weighted by atomic mass is 9.94. The van der Waals surface area contributed by atoms with Gasteiger partial charge in [0.25, 0.3) is 5.91 Å². The smallest absolute Gasteiger partial charge is 0.272 e. The van der Waals surface area contributed by atoms with Crippen LogP contribution >= 0.6 is 0 Å². The van der Waals surface area contributed by atoms with Crippen LogP contribution in [0.15, 0.2) is 30.3 Å². The zero-order chi connectivity index (χ0) is 19.7. The number of nitrogens with one attached hydrogen (secondary N) is 1. The molecule has 3 atom stereocenters. The molecule has 2 fully saturated rings. The molecule has 0 bridgehead atoms. The summed E-state index contributed by atoms with van der Waals surface area (Å²) < 4.78 is 25.8. The van der Waals surface area contributed by atoms with Crippen molar-refractivity contribution < 1.29 is 13.2 Å². The highest BCUT2D eigenvalue weighted by Crippen LogP contribution is 2.57. The van der Waals surface area contributed by atoms with Gasteiger partial charge in [-0.1, -0.05) is 30.3 Å². The van der Waals surface area contributed by atoms with Crippen molar-refractivity contribution in [2.75, 3.05) is 11.5 Å². The Morgan fingerprint density at radius 3 is 2.68 bits per heavy atom. The standard InChI is InChI=1S/C21H25N3O3S/c1-21(2,14-6-4-3-5-7-14)22-20(25)18-17-11-13-10-16(13)19(17)24(23-18)15-8-9-28(26,27)12-15/h3-7,13,15-16H,8-12H2,1-2H3,(H,22,25)/t13-,15?,16-/m1/s1. The predicted octanol–water partition coefficient (Wildman–Crippen LogP) is 2.57. The van der Waals surface area contributed by atoms with Crippen LogP contribution in [0.5, 0.6) is 0 Å². The summed E-state index contributed by atoms with van der Waals surface area (Å²) in [6.45, 7) is 3.97. The molecule has 1 aliphatic heterocycles. The number of carbonyl (C=O) groups excluding carboxylic acids is 1. The summed E-state index contributed by atoms with van der Waals surface area (Å²) in [5, 5.41) is 7.81. The van der Waals surface area contributed by atoms with Crippen LogP contribution in [0.1, 0.15) is 66.0 Å². The van der Waals surface area contributed by atoms with Crippen LogP contribution in [0.4, 0.5) is 0 Å². The van der Waals surface area contributed by atoms with Gasteiger partial charge in [-0.2, -0.15) is 5.10 Å². The minimum absolute atomic E-state index is 0.134. The SMILES string of the molecule is CC(C)(NC(=O)c1nn(C2CCS(=O)(=O)C2)c2c1C[C@H]1C[C@@H]21)c1ccccc1. The summed E-state index contributed by atoms with van der Waals surface area (Å²) in [5.41, 5.74) is 3.15. The molecule has 148 valence electrons. The summed E-state index contributed by atoms with van der Waals surface area (Å²) in [4.78, 5) is 13.2. The first-order valence-corrected chi connectivity index (χ1v) is 11.8. The molecule has 1 amide bonds. The Bertz CT molecular complexity index is 1060. The molecule has 2 heterocycles. The fraction of sp³-hybridized carbons (Fsp3) is 0.524. The summed E-state index contributed by atoms with van der Waals surface area (Å²) in [5.74, 6) is 1.23. The maximum Gasteiger partial charge on any atom is 0.272 e. The minimum Gasteiger partial charge on any atom is -0.342 e. The Kier molecular flexibility index (Phi) is 3.79. The van der Waals surface area contributed by atoms with E-state index >= 15 is 0 Å². The van der Waals surface area contributed by atoms with Gasteiger partial charge in [0.2, 0.25) is 0 Å². The van der Waals surface area contributed by atoms with Crippen molar-refractivity contribution in [3.8, 4) is 0 Å². The first-order chi connectivity index (χ1) is 13.3. The lowest BCUT2D eigenvalue weighted by Crippen LogP contribution is -2.41. The number of sulfone groups is 1. The van der Waals surface area contributed by atoms with Crippen molar-refractivity contribution in [3.63, 3.8) is 0 Å². The Balaban J connectivity index is 1.47. The van der Waals surface area contributed by atoms with Crippen molar-refractivity contribution in [2.45, 2.75) is 50.6 Å². The normalized spacial score (nSPS) is 27.3. The van der Waals surface area contributed by atoms with Crippen LogP contribution < -0.4 is 5.32 Å². The highest BCUT2D eigenvalue weighted by atomic mass is 32.2. The van der Waals surface area contributed by atoms with E-state index in [4.69, 9.17) is 0 Å². The molecule has 7 heteroatoms. The number of carbonyl (C=O) groups is 1. The van der Waals surface area contributed by atoms with Gasteiger partial charge >= 0.3 is 0 Å². The molecule has 1 aromatic heterocycles. The molecule has 0 spiro atoms. The van der Waals surface area contributed by atoms with E-state index in [0.717, 1.165) is 29.7 Å². The van der Waals surface area contributed by atoms with Gasteiger partial charge in [-0.25, -0.2) is 8.42 Å². The molecule has 6 nitrogen and oxygen atoms in total. The van der Waals surface area contributed by atoms with E-state index in [1.807, 2.05) is 48.9 Å². The van der Waals surface area contributed by atoms with Gasteiger partial charge in [0.15, 0.2) is 15.5 Å². The van der Waals surface area contributed by atoms with Gasteiger partial charge in [0.1, 0.15) is 0 Å². The van der Waals surface area contributed by atoms with E-state index in [1.165, 1.54) is 0 Å². The second-order valence-electron chi connectivity index (χ2n) is 8.97. The quantitative estimate of drug-likeness (QED) is 0.857. The van der Waals surface area contributed by atoms with Crippen molar-refractivity contribution in [1.82, 2.24) is 15.1 Å². The molecule has 1 aromatic carbocycles. The first kappa shape index (κ1) is 17.9. The molecule has 2 aromatic rings. The minimum atomic E-state index is -3.00. The lowest BCUT2D eigenvalue weighted by Gasteiger charge is -2.26. The second-order valence-corrected chi connectivity index (χ2v) is 11.2. The molecule has 1 N–H and O–H groups in total. The summed E-state index contributed by atoms with van der Waals surface area (Å²) in [7, 11) is -3.00. The summed E-state index contributed by atoms with van der Waals surface area (Å²) in [6, 6.07) is 9.75. The molecular formula is C21H25N3O3S. The maximum absolute atomic E-state index is 13.2. The first-order valence-electron chi connectivity index (χ1n) is 9.95. The summed E-state index contributed by atoms with van der Waals surface area (Å²) in [6.07, 6.45) is 2.60. The highest BCUT2D eigenvalue weighted by molar-refractivity contribution is 7.91. The number of rotatable bonds is 4. The Morgan fingerprint density at radius 2 is 2.00 bits per heavy atom. The molecule has 1 unspecified atom stereocenters. The van der Waals surface area contributed by atoms with E-state index in [-0.39, 0.29) is 23.5 Å². The van der Waals surface area contributed by atoms with E-state index < -0.39 is 15.4 Å². The zero-order valence-corrected chi connectivity index (χ0v) is 17.0. The lowest BCUT2D eigenvalue weighted by molar-refractivity contribution is 0.0904. The second kappa shape index (κ2) is 5.92. The van der Waals surface area contributed by atoms with E-state index in [0.29, 0.717) is 24.0 Å². The number of aromatic nitrogens is 2. The van der Waals surface area contributed by atoms with Gasteiger partial charge in [-0.15, -0.1) is 0 Å². The predicted molar refractivity (Wildman–Crippen MR) is 106 cm³/mol. The van der Waals surface area contributed by atoms with Crippen LogP contribution in [0.2, 0.25) is 0 Å². The summed E-state index contributed by atoms with van der Waals surface area (Å²) >= 11 is 0. The zero-order valence-electron chi connectivity index (χ0n) is 16.2. The Morgan fingerprint density at radius 1 is 1.25 bits per heavy atom. The fourth-order valence-electron chi connectivity index (χ4n) is 4.85. The molecule has 0 radical (unpaired) electrons. The number of hydrogen-bond acceptors (Lipinski definition) is 4. The van der Waals surface area contributed by atoms with Crippen LogP contribution in [0, 0.1) is 5.92 Å².